The van der Waals surface area contributed by atoms with Crippen LogP contribution in [0.1, 0.15) is 27.2 Å². The Morgan fingerprint density at radius 3 is 2.50 bits per heavy atom. The average molecular weight is 287 g/mol. The molecule has 0 spiro atoms. The fraction of sp³-hybridized carbons (Fsp3) is 0.769. The summed E-state index contributed by atoms with van der Waals surface area (Å²) in [7, 11) is 1.26. The summed E-state index contributed by atoms with van der Waals surface area (Å²) in [5.41, 5.74) is -0.653. The van der Waals surface area contributed by atoms with Gasteiger partial charge in [0.15, 0.2) is 0 Å². The van der Waals surface area contributed by atoms with Crippen LogP contribution >= 0.6 is 0 Å². The number of hydrogen-bond acceptors (Lipinski definition) is 6. The molecule has 0 aromatic rings. The van der Waals surface area contributed by atoms with Gasteiger partial charge in [0.05, 0.1) is 19.8 Å². The first-order valence-electron chi connectivity index (χ1n) is 6.41. The van der Waals surface area contributed by atoms with Crippen molar-refractivity contribution >= 4 is 18.3 Å². The van der Waals surface area contributed by atoms with E-state index in [1.54, 1.807) is 20.8 Å². The van der Waals surface area contributed by atoms with Crippen molar-refractivity contribution in [1.82, 2.24) is 4.90 Å². The fourth-order valence-electron chi connectivity index (χ4n) is 1.98. The molecule has 114 valence electrons. The predicted molar refractivity (Wildman–Crippen MR) is 69.2 cm³/mol. The van der Waals surface area contributed by atoms with Crippen LogP contribution < -0.4 is 0 Å². The van der Waals surface area contributed by atoms with Gasteiger partial charge in [-0.2, -0.15) is 0 Å². The summed E-state index contributed by atoms with van der Waals surface area (Å²) in [4.78, 5) is 35.4. The number of rotatable bonds is 4. The number of likely N-dealkylation sites (tertiary alicyclic amines) is 1. The normalized spacial score (nSPS) is 22.5. The molecule has 1 rings (SSSR count). The van der Waals surface area contributed by atoms with E-state index in [1.807, 2.05) is 0 Å². The van der Waals surface area contributed by atoms with Crippen molar-refractivity contribution < 1.29 is 28.6 Å². The highest BCUT2D eigenvalue weighted by Crippen LogP contribution is 2.24. The molecule has 0 bridgehead atoms. The van der Waals surface area contributed by atoms with Crippen molar-refractivity contribution in [2.45, 2.75) is 44.9 Å². The largest absolute Gasteiger partial charge is 0.467 e. The smallest absolute Gasteiger partial charge is 0.411 e. The molecule has 0 aromatic carbocycles. The lowest BCUT2D eigenvalue weighted by Crippen LogP contribution is -2.44. The summed E-state index contributed by atoms with van der Waals surface area (Å²) in [6, 6.07) is -0.744. The number of amides is 1. The van der Waals surface area contributed by atoms with Crippen molar-refractivity contribution in [1.29, 1.82) is 0 Å². The number of ether oxygens (including phenoxy) is 3. The Bertz CT molecular complexity index is 376. The Balaban J connectivity index is 2.76. The van der Waals surface area contributed by atoms with Gasteiger partial charge < -0.3 is 19.0 Å². The van der Waals surface area contributed by atoms with E-state index in [9.17, 15) is 14.4 Å². The van der Waals surface area contributed by atoms with Crippen LogP contribution in [0.3, 0.4) is 0 Å². The van der Waals surface area contributed by atoms with E-state index in [4.69, 9.17) is 9.47 Å². The zero-order valence-electron chi connectivity index (χ0n) is 12.3. The molecule has 1 heterocycles. The van der Waals surface area contributed by atoms with E-state index in [1.165, 1.54) is 12.0 Å². The zero-order valence-corrected chi connectivity index (χ0v) is 12.3. The monoisotopic (exact) mass is 287 g/mol. The predicted octanol–water partition coefficient (Wildman–Crippen LogP) is 0.753. The van der Waals surface area contributed by atoms with Crippen molar-refractivity contribution in [3.05, 3.63) is 0 Å². The maximum absolute atomic E-state index is 12.1. The van der Waals surface area contributed by atoms with Gasteiger partial charge >= 0.3 is 12.1 Å². The minimum absolute atomic E-state index is 0.0687. The standard InChI is InChI=1S/C13H21NO6/c1-13(2,3)20-12(17)14-8-9(19-6-5-15)7-10(14)11(16)18-4/h5,9-10H,6-8H2,1-4H3/t9-,10-/m0/s1. The third-order valence-electron chi connectivity index (χ3n) is 2.76. The molecule has 0 saturated carbocycles. The molecule has 7 heteroatoms. The van der Waals surface area contributed by atoms with Crippen LogP contribution in [0.25, 0.3) is 0 Å². The Labute approximate surface area is 118 Å². The number of hydrogen-bond donors (Lipinski definition) is 0. The fourth-order valence-corrected chi connectivity index (χ4v) is 1.98. The number of carbonyl (C=O) groups is 3. The highest BCUT2D eigenvalue weighted by atomic mass is 16.6. The Kier molecular flexibility index (Phi) is 5.50. The van der Waals surface area contributed by atoms with Gasteiger partial charge in [0.1, 0.15) is 24.5 Å². The molecule has 20 heavy (non-hydrogen) atoms. The Hall–Kier alpha value is -1.63. The molecule has 0 N–H and O–H groups in total. The number of nitrogens with zero attached hydrogens (tertiary/aromatic N) is 1. The zero-order chi connectivity index (χ0) is 15.3. The van der Waals surface area contributed by atoms with E-state index >= 15 is 0 Å². The number of esters is 1. The van der Waals surface area contributed by atoms with Gasteiger partial charge in [0.2, 0.25) is 0 Å². The third kappa shape index (κ3) is 4.48. The molecule has 0 aliphatic carbocycles. The second-order valence-corrected chi connectivity index (χ2v) is 5.53. The second-order valence-electron chi connectivity index (χ2n) is 5.53. The van der Waals surface area contributed by atoms with Crippen LogP contribution in [0.5, 0.6) is 0 Å². The molecule has 0 radical (unpaired) electrons. The maximum atomic E-state index is 12.1. The average Bonchev–Trinajstić information content (AvgIpc) is 2.77. The quantitative estimate of drug-likeness (QED) is 0.560. The topological polar surface area (TPSA) is 82.1 Å². The van der Waals surface area contributed by atoms with E-state index in [2.05, 4.69) is 4.74 Å². The minimum Gasteiger partial charge on any atom is -0.467 e. The summed E-state index contributed by atoms with van der Waals surface area (Å²) < 4.78 is 15.2. The first-order valence-corrected chi connectivity index (χ1v) is 6.41. The van der Waals surface area contributed by atoms with Crippen LogP contribution in [0, 0.1) is 0 Å². The van der Waals surface area contributed by atoms with Crippen LogP contribution in [0.4, 0.5) is 4.79 Å². The summed E-state index contributed by atoms with van der Waals surface area (Å²) >= 11 is 0. The molecule has 2 atom stereocenters. The number of aldehydes is 1. The second kappa shape index (κ2) is 6.69. The number of methoxy groups -OCH3 is 1. The van der Waals surface area contributed by atoms with Gasteiger partial charge in [0, 0.05) is 6.42 Å². The first-order chi connectivity index (χ1) is 9.28. The van der Waals surface area contributed by atoms with Crippen molar-refractivity contribution in [2.75, 3.05) is 20.3 Å². The Morgan fingerprint density at radius 2 is 2.00 bits per heavy atom. The first kappa shape index (κ1) is 16.4. The van der Waals surface area contributed by atoms with Crippen molar-refractivity contribution in [3.8, 4) is 0 Å². The van der Waals surface area contributed by atoms with Crippen LogP contribution in [-0.4, -0.2) is 61.3 Å². The lowest BCUT2D eigenvalue weighted by molar-refractivity contribution is -0.145. The molecular weight excluding hydrogens is 266 g/mol. The molecule has 1 saturated heterocycles. The van der Waals surface area contributed by atoms with Gasteiger partial charge in [-0.05, 0) is 20.8 Å². The number of carbonyl (C=O) groups excluding carboxylic acids is 3. The molecular formula is C13H21NO6. The highest BCUT2D eigenvalue weighted by molar-refractivity contribution is 5.82. The van der Waals surface area contributed by atoms with Crippen molar-refractivity contribution in [2.24, 2.45) is 0 Å². The Morgan fingerprint density at radius 1 is 1.35 bits per heavy atom. The van der Waals surface area contributed by atoms with Gasteiger partial charge in [-0.25, -0.2) is 9.59 Å². The summed E-state index contributed by atoms with van der Waals surface area (Å²) in [5.74, 6) is -0.520. The minimum atomic E-state index is -0.744. The molecule has 1 fully saturated rings. The highest BCUT2D eigenvalue weighted by Gasteiger charge is 2.42. The SMILES string of the molecule is COC(=O)[C@@H]1C[C@H](OCC=O)CN1C(=O)OC(C)(C)C. The molecule has 1 amide bonds. The van der Waals surface area contributed by atoms with E-state index in [0.29, 0.717) is 12.7 Å². The van der Waals surface area contributed by atoms with Gasteiger partial charge in [-0.15, -0.1) is 0 Å². The van der Waals surface area contributed by atoms with Crippen LogP contribution in [0.2, 0.25) is 0 Å². The maximum Gasteiger partial charge on any atom is 0.411 e. The van der Waals surface area contributed by atoms with Gasteiger partial charge in [-0.3, -0.25) is 4.90 Å². The van der Waals surface area contributed by atoms with E-state index < -0.39 is 23.7 Å². The summed E-state index contributed by atoms with van der Waals surface area (Å²) in [5, 5.41) is 0. The molecule has 1 aliphatic heterocycles. The summed E-state index contributed by atoms with van der Waals surface area (Å²) in [6.07, 6.45) is -0.0508. The molecule has 1 aliphatic rings. The van der Waals surface area contributed by atoms with Gasteiger partial charge in [0.25, 0.3) is 0 Å². The lowest BCUT2D eigenvalue weighted by atomic mass is 10.2. The van der Waals surface area contributed by atoms with E-state index in [-0.39, 0.29) is 19.3 Å². The molecule has 0 aromatic heterocycles. The van der Waals surface area contributed by atoms with Crippen LogP contribution in [-0.2, 0) is 23.8 Å². The van der Waals surface area contributed by atoms with Crippen LogP contribution in [0.15, 0.2) is 0 Å². The van der Waals surface area contributed by atoms with Gasteiger partial charge in [-0.1, -0.05) is 0 Å². The third-order valence-corrected chi connectivity index (χ3v) is 2.76. The lowest BCUT2D eigenvalue weighted by Gasteiger charge is -2.27. The van der Waals surface area contributed by atoms with Crippen molar-refractivity contribution in [3.63, 3.8) is 0 Å². The molecule has 7 nitrogen and oxygen atoms in total. The summed E-state index contributed by atoms with van der Waals surface area (Å²) in [6.45, 7) is 5.36. The van der Waals surface area contributed by atoms with E-state index in [0.717, 1.165) is 0 Å². The molecule has 0 unspecified atom stereocenters.